The molecule has 3 aliphatic heterocycles. The van der Waals surface area contributed by atoms with Crippen LogP contribution in [-0.2, 0) is 11.2 Å². The zero-order valence-corrected chi connectivity index (χ0v) is 26.9. The van der Waals surface area contributed by atoms with Crippen molar-refractivity contribution in [2.45, 2.75) is 102 Å². The molecule has 9 nitrogen and oxygen atoms in total. The molecule has 5 heterocycles. The van der Waals surface area contributed by atoms with Gasteiger partial charge in [0.25, 0.3) is 5.91 Å². The molecule has 5 N–H and O–H groups in total. The maximum absolute atomic E-state index is 16.9. The molecule has 4 aliphatic rings. The number of alkyl halides is 3. The van der Waals surface area contributed by atoms with E-state index in [2.05, 4.69) is 39.8 Å². The Morgan fingerprint density at radius 3 is 2.57 bits per heavy atom. The fraction of sp³-hybridized carbons (Fsp3) is 0.545. The summed E-state index contributed by atoms with van der Waals surface area (Å²) in [6, 6.07) is 1.57. The number of nitrogen functional groups attached to an aromatic ring is 1. The highest BCUT2D eigenvalue weighted by atomic mass is 19.4. The largest absolute Gasteiger partial charge is 0.472 e. The van der Waals surface area contributed by atoms with Crippen LogP contribution in [0.25, 0.3) is 22.0 Å². The van der Waals surface area contributed by atoms with Gasteiger partial charge >= 0.3 is 6.18 Å². The number of carbonyl (C=O) groups excluding carboxylic acids is 1. The summed E-state index contributed by atoms with van der Waals surface area (Å²) in [6.45, 7) is 10.1. The zero-order valence-electron chi connectivity index (χ0n) is 26.9. The lowest BCUT2D eigenvalue weighted by Gasteiger charge is -2.42. The Morgan fingerprint density at radius 1 is 1.21 bits per heavy atom. The van der Waals surface area contributed by atoms with Crippen LogP contribution >= 0.6 is 0 Å². The fourth-order valence-corrected chi connectivity index (χ4v) is 7.27. The minimum Gasteiger partial charge on any atom is -0.472 e. The number of fused-ring (bicyclic) bond motifs is 1. The van der Waals surface area contributed by atoms with Gasteiger partial charge in [-0.15, -0.1) is 0 Å². The maximum atomic E-state index is 16.9. The summed E-state index contributed by atoms with van der Waals surface area (Å²) in [4.78, 5) is 22.9. The fourth-order valence-electron chi connectivity index (χ4n) is 7.27. The number of halogens is 5. The monoisotopic (exact) mass is 662 g/mol. The number of hydrogen-bond acceptors (Lipinski definition) is 8. The second kappa shape index (κ2) is 11.7. The quantitative estimate of drug-likeness (QED) is 0.164. The van der Waals surface area contributed by atoms with Crippen molar-refractivity contribution in [1.29, 1.82) is 0 Å². The first kappa shape index (κ1) is 33.1. The zero-order chi connectivity index (χ0) is 34.1. The first-order valence-electron chi connectivity index (χ1n) is 15.8. The molecule has 1 aromatic carbocycles. The summed E-state index contributed by atoms with van der Waals surface area (Å²) in [5, 5.41) is 9.79. The molecule has 14 heteroatoms. The van der Waals surface area contributed by atoms with Gasteiger partial charge in [0.2, 0.25) is 5.88 Å². The highest BCUT2D eigenvalue weighted by Crippen LogP contribution is 2.51. The van der Waals surface area contributed by atoms with E-state index in [1.807, 2.05) is 6.92 Å². The van der Waals surface area contributed by atoms with Gasteiger partial charge in [0.1, 0.15) is 29.1 Å². The van der Waals surface area contributed by atoms with Gasteiger partial charge in [-0.3, -0.25) is 4.79 Å². The smallest absolute Gasteiger partial charge is 0.393 e. The summed E-state index contributed by atoms with van der Waals surface area (Å²) in [5.74, 6) is -2.83. The number of aryl methyl sites for hydroxylation is 1. The Hall–Kier alpha value is -3.78. The normalized spacial score (nSPS) is 25.5. The SMILES string of the molecule is CCCC(C)NC[C@@H]1Nc2nc(C(=O)NC34COC(C)(C3)C4)c(C)c3c(F)c(-c4cc(N)cc(F)c4CC(F)(F)F)nc(c23)OC1C. The molecular formula is C33H39F5N6O3. The van der Waals surface area contributed by atoms with E-state index in [4.69, 9.17) is 15.2 Å². The molecule has 1 saturated carbocycles. The Kier molecular flexibility index (Phi) is 8.27. The molecule has 3 aromatic rings. The van der Waals surface area contributed by atoms with Crippen molar-refractivity contribution in [2.24, 2.45) is 0 Å². The van der Waals surface area contributed by atoms with Gasteiger partial charge in [-0.25, -0.2) is 18.7 Å². The highest BCUT2D eigenvalue weighted by molar-refractivity contribution is 6.06. The van der Waals surface area contributed by atoms with Gasteiger partial charge in [-0.2, -0.15) is 13.2 Å². The van der Waals surface area contributed by atoms with Gasteiger partial charge in [0.15, 0.2) is 5.82 Å². The molecule has 0 spiro atoms. The van der Waals surface area contributed by atoms with Crippen molar-refractivity contribution < 1.29 is 36.2 Å². The number of nitrogens with one attached hydrogen (secondary N) is 3. The average Bonchev–Trinajstić information content (AvgIpc) is 3.41. The number of ether oxygens (including phenoxy) is 2. The van der Waals surface area contributed by atoms with Crippen molar-refractivity contribution in [1.82, 2.24) is 20.6 Å². The van der Waals surface area contributed by atoms with Crippen molar-refractivity contribution >= 4 is 28.2 Å². The van der Waals surface area contributed by atoms with Crippen LogP contribution in [-0.4, -0.2) is 64.5 Å². The Bertz CT molecular complexity index is 1740. The number of aromatic nitrogens is 2. The number of carbonyl (C=O) groups is 1. The van der Waals surface area contributed by atoms with E-state index in [9.17, 15) is 18.0 Å². The lowest BCUT2D eigenvalue weighted by molar-refractivity contribution is -0.127. The minimum atomic E-state index is -4.81. The topological polar surface area (TPSA) is 123 Å². The van der Waals surface area contributed by atoms with Crippen LogP contribution in [0.4, 0.5) is 33.5 Å². The van der Waals surface area contributed by atoms with E-state index < -0.39 is 64.6 Å². The molecule has 1 amide bonds. The molecule has 2 bridgehead atoms. The summed E-state index contributed by atoms with van der Waals surface area (Å²) >= 11 is 0. The molecule has 3 fully saturated rings. The van der Waals surface area contributed by atoms with Crippen molar-refractivity contribution in [3.63, 3.8) is 0 Å². The third-order valence-corrected chi connectivity index (χ3v) is 9.45. The first-order chi connectivity index (χ1) is 22.0. The number of hydrogen-bond donors (Lipinski definition) is 4. The number of pyridine rings is 2. The van der Waals surface area contributed by atoms with E-state index >= 15 is 8.78 Å². The summed E-state index contributed by atoms with van der Waals surface area (Å²) in [6.07, 6.45) is -3.94. The van der Waals surface area contributed by atoms with Gasteiger partial charge in [-0.05, 0) is 51.8 Å². The van der Waals surface area contributed by atoms with E-state index in [1.54, 1.807) is 6.92 Å². The van der Waals surface area contributed by atoms with E-state index in [0.717, 1.165) is 25.0 Å². The average molecular weight is 663 g/mol. The minimum absolute atomic E-state index is 0.0771. The molecule has 7 rings (SSSR count). The highest BCUT2D eigenvalue weighted by Gasteiger charge is 2.60. The Morgan fingerprint density at radius 2 is 1.94 bits per heavy atom. The Balaban J connectivity index is 1.53. The number of nitrogens with zero attached hydrogens (tertiary/aromatic N) is 2. The van der Waals surface area contributed by atoms with Crippen molar-refractivity contribution in [2.75, 3.05) is 24.2 Å². The molecule has 2 saturated heterocycles. The third kappa shape index (κ3) is 6.17. The first-order valence-corrected chi connectivity index (χ1v) is 15.8. The van der Waals surface area contributed by atoms with Crippen LogP contribution in [0.15, 0.2) is 12.1 Å². The molecule has 47 heavy (non-hydrogen) atoms. The maximum Gasteiger partial charge on any atom is 0.393 e. The molecule has 0 radical (unpaired) electrons. The van der Waals surface area contributed by atoms with E-state index in [0.29, 0.717) is 26.0 Å². The van der Waals surface area contributed by atoms with Gasteiger partial charge in [-0.1, -0.05) is 13.3 Å². The standard InChI is InChI=1S/C33H39F5N6O3/c1-6-7-15(2)40-11-22-17(4)47-30-24-23(25(35)27(43-30)19-8-18(39)9-21(34)20(19)10-33(36,37)38)16(3)26(42-28(24)41-22)29(45)44-32-12-31(5,13-32)46-14-32/h8-9,15,17,22,40H,6-7,10-14,39H2,1-5H3,(H,41,42)(H,44,45)/t15?,17?,22-,31?,32?/m0/s1. The molecule has 3 atom stereocenters. The summed E-state index contributed by atoms with van der Waals surface area (Å²) in [5.41, 5.74) is 2.94. The molecule has 2 aromatic heterocycles. The van der Waals surface area contributed by atoms with Crippen molar-refractivity contribution in [3.05, 3.63) is 40.6 Å². The molecule has 2 unspecified atom stereocenters. The van der Waals surface area contributed by atoms with Crippen LogP contribution in [0.5, 0.6) is 5.88 Å². The van der Waals surface area contributed by atoms with Crippen LogP contribution < -0.4 is 26.4 Å². The summed E-state index contributed by atoms with van der Waals surface area (Å²) in [7, 11) is 0. The molecular weight excluding hydrogens is 623 g/mol. The van der Waals surface area contributed by atoms with Gasteiger partial charge in [0.05, 0.1) is 35.6 Å². The second-order valence-corrected chi connectivity index (χ2v) is 13.6. The number of rotatable bonds is 9. The molecule has 254 valence electrons. The van der Waals surface area contributed by atoms with E-state index in [1.165, 1.54) is 6.92 Å². The number of anilines is 2. The van der Waals surface area contributed by atoms with Crippen molar-refractivity contribution in [3.8, 4) is 17.1 Å². The lowest BCUT2D eigenvalue weighted by atomic mass is 9.69. The van der Waals surface area contributed by atoms with Gasteiger partial charge in [0, 0.05) is 47.6 Å². The van der Waals surface area contributed by atoms with Gasteiger partial charge < -0.3 is 31.2 Å². The molecule has 1 aliphatic carbocycles. The lowest BCUT2D eigenvalue weighted by Crippen LogP contribution is -2.58. The number of amides is 1. The number of benzene rings is 1. The van der Waals surface area contributed by atoms with Crippen LogP contribution in [0.2, 0.25) is 0 Å². The Labute approximate surface area is 269 Å². The van der Waals surface area contributed by atoms with Crippen LogP contribution in [0.3, 0.4) is 0 Å². The third-order valence-electron chi connectivity index (χ3n) is 9.45. The predicted octanol–water partition coefficient (Wildman–Crippen LogP) is 5.96. The second-order valence-electron chi connectivity index (χ2n) is 13.6. The van der Waals surface area contributed by atoms with Crippen LogP contribution in [0, 0.1) is 18.6 Å². The number of nitrogens with two attached hydrogens (primary N) is 1. The van der Waals surface area contributed by atoms with Crippen LogP contribution in [0.1, 0.15) is 75.0 Å². The predicted molar refractivity (Wildman–Crippen MR) is 167 cm³/mol. The van der Waals surface area contributed by atoms with E-state index in [-0.39, 0.29) is 51.1 Å². The summed E-state index contributed by atoms with van der Waals surface area (Å²) < 4.78 is 84.9.